The molecule has 11 heavy (non-hydrogen) atoms. The third-order valence-corrected chi connectivity index (χ3v) is 1.14. The van der Waals surface area contributed by atoms with Crippen molar-refractivity contribution in [2.75, 3.05) is 0 Å². The molecule has 4 nitrogen and oxygen atoms in total. The average molecular weight is 151 g/mol. The molecule has 1 aromatic heterocycles. The predicted molar refractivity (Wildman–Crippen MR) is 43.7 cm³/mol. The molecule has 0 saturated heterocycles. The topological polar surface area (TPSA) is 50.8 Å². The molecule has 58 valence electrons. The Labute approximate surface area is 64.7 Å². The maximum absolute atomic E-state index is 5.12. The van der Waals surface area contributed by atoms with E-state index in [1.54, 1.807) is 6.92 Å². The molecule has 1 heterocycles. The van der Waals surface area contributed by atoms with E-state index >= 15 is 0 Å². The fourth-order valence-corrected chi connectivity index (χ4v) is 0.734. The van der Waals surface area contributed by atoms with Gasteiger partial charge in [0.1, 0.15) is 12.0 Å². The second-order valence-corrected chi connectivity index (χ2v) is 2.05. The van der Waals surface area contributed by atoms with Crippen LogP contribution in [0.2, 0.25) is 0 Å². The van der Waals surface area contributed by atoms with E-state index in [4.69, 9.17) is 4.42 Å². The second-order valence-electron chi connectivity index (χ2n) is 2.05. The lowest BCUT2D eigenvalue weighted by molar-refractivity contribution is 0.531. The molecule has 0 aliphatic rings. The number of nitrogens with zero attached hydrogens (tertiary/aromatic N) is 3. The number of aromatic nitrogens is 1. The molecule has 0 bridgehead atoms. The molecule has 1 aromatic rings. The van der Waals surface area contributed by atoms with Crippen LogP contribution in [0.5, 0.6) is 0 Å². The van der Waals surface area contributed by atoms with E-state index in [0.717, 1.165) is 5.69 Å². The molecule has 0 N–H and O–H groups in total. The Balaban J connectivity index is 2.93. The molecule has 0 spiro atoms. The van der Waals surface area contributed by atoms with Gasteiger partial charge in [-0.3, -0.25) is 4.99 Å². The molecule has 0 radical (unpaired) electrons. The van der Waals surface area contributed by atoms with Crippen LogP contribution in [0.25, 0.3) is 0 Å². The Bertz CT molecular complexity index is 288. The zero-order chi connectivity index (χ0) is 8.27. The number of hydrogen-bond acceptors (Lipinski definition) is 3. The maximum Gasteiger partial charge on any atom is 0.243 e. The molecule has 0 fully saturated rings. The van der Waals surface area contributed by atoms with Crippen LogP contribution >= 0.6 is 0 Å². The van der Waals surface area contributed by atoms with Crippen molar-refractivity contribution in [2.24, 2.45) is 9.98 Å². The van der Waals surface area contributed by atoms with E-state index in [1.807, 2.05) is 6.92 Å². The number of hydrogen-bond donors (Lipinski definition) is 0. The van der Waals surface area contributed by atoms with Crippen molar-refractivity contribution in [3.63, 3.8) is 0 Å². The van der Waals surface area contributed by atoms with Crippen LogP contribution in [0.4, 0.5) is 5.88 Å². The quantitative estimate of drug-likeness (QED) is 0.476. The molecule has 0 unspecified atom stereocenters. The molecular weight excluding hydrogens is 142 g/mol. The molecule has 0 saturated carbocycles. The summed E-state index contributed by atoms with van der Waals surface area (Å²) in [6, 6.07) is 0. The zero-order valence-corrected chi connectivity index (χ0v) is 6.53. The lowest BCUT2D eigenvalue weighted by atomic mass is 10.5. The van der Waals surface area contributed by atoms with Gasteiger partial charge in [0.15, 0.2) is 5.89 Å². The summed E-state index contributed by atoms with van der Waals surface area (Å²) < 4.78 is 5.12. The summed E-state index contributed by atoms with van der Waals surface area (Å²) in [7, 11) is 0. The SMILES string of the molecule is C=N/C=N\c1oc(C)nc1C. The molecule has 1 rings (SSSR count). The average Bonchev–Trinajstić information content (AvgIpc) is 2.26. The van der Waals surface area contributed by atoms with Crippen LogP contribution < -0.4 is 0 Å². The molecule has 0 aliphatic carbocycles. The van der Waals surface area contributed by atoms with Crippen molar-refractivity contribution in [3.05, 3.63) is 11.6 Å². The van der Waals surface area contributed by atoms with Crippen LogP contribution in [0.1, 0.15) is 11.6 Å². The molecule has 0 atom stereocenters. The number of rotatable bonds is 2. The van der Waals surface area contributed by atoms with E-state index in [1.165, 1.54) is 6.34 Å². The maximum atomic E-state index is 5.12. The predicted octanol–water partition coefficient (Wildman–Crippen LogP) is 1.65. The first-order chi connectivity index (χ1) is 5.24. The minimum absolute atomic E-state index is 0.495. The summed E-state index contributed by atoms with van der Waals surface area (Å²) in [5.74, 6) is 1.11. The Morgan fingerprint density at radius 1 is 1.55 bits per heavy atom. The highest BCUT2D eigenvalue weighted by molar-refractivity contribution is 5.65. The Hall–Kier alpha value is -1.45. The first kappa shape index (κ1) is 7.65. The Morgan fingerprint density at radius 3 is 2.73 bits per heavy atom. The fourth-order valence-electron chi connectivity index (χ4n) is 0.734. The first-order valence-electron chi connectivity index (χ1n) is 3.16. The third-order valence-electron chi connectivity index (χ3n) is 1.14. The van der Waals surface area contributed by atoms with Crippen LogP contribution in [0, 0.1) is 13.8 Å². The van der Waals surface area contributed by atoms with Gasteiger partial charge in [-0.2, -0.15) is 4.99 Å². The van der Waals surface area contributed by atoms with Crippen LogP contribution in [0.3, 0.4) is 0 Å². The van der Waals surface area contributed by atoms with Crippen molar-refractivity contribution in [1.82, 2.24) is 4.98 Å². The normalized spacial score (nSPS) is 10.7. The third kappa shape index (κ3) is 1.73. The highest BCUT2D eigenvalue weighted by Crippen LogP contribution is 2.17. The van der Waals surface area contributed by atoms with Gasteiger partial charge in [-0.25, -0.2) is 4.98 Å². The minimum Gasteiger partial charge on any atom is -0.423 e. The lowest BCUT2D eigenvalue weighted by Crippen LogP contribution is -1.70. The zero-order valence-electron chi connectivity index (χ0n) is 6.53. The number of aliphatic imine (C=N–C) groups is 2. The van der Waals surface area contributed by atoms with Gasteiger partial charge in [-0.1, -0.05) is 0 Å². The van der Waals surface area contributed by atoms with Crippen molar-refractivity contribution < 1.29 is 4.42 Å². The monoisotopic (exact) mass is 151 g/mol. The summed E-state index contributed by atoms with van der Waals surface area (Å²) in [4.78, 5) is 11.3. The van der Waals surface area contributed by atoms with Crippen LogP contribution in [0.15, 0.2) is 14.4 Å². The van der Waals surface area contributed by atoms with Gasteiger partial charge in [-0.05, 0) is 13.6 Å². The van der Waals surface area contributed by atoms with Crippen LogP contribution in [-0.2, 0) is 0 Å². The number of oxazole rings is 1. The van der Waals surface area contributed by atoms with Crippen molar-refractivity contribution in [3.8, 4) is 0 Å². The van der Waals surface area contributed by atoms with Gasteiger partial charge < -0.3 is 4.42 Å². The fraction of sp³-hybridized carbons (Fsp3) is 0.286. The summed E-state index contributed by atoms with van der Waals surface area (Å²) >= 11 is 0. The first-order valence-corrected chi connectivity index (χ1v) is 3.16. The lowest BCUT2D eigenvalue weighted by Gasteiger charge is -1.82. The molecular formula is C7H9N3O. The standard InChI is InChI=1S/C7H9N3O/c1-5-7(9-4-8-3)11-6(2)10-5/h4H,3H2,1-2H3/b9-4-. The molecule has 0 aromatic carbocycles. The summed E-state index contributed by atoms with van der Waals surface area (Å²) in [6.45, 7) is 6.85. The largest absolute Gasteiger partial charge is 0.423 e. The van der Waals surface area contributed by atoms with Crippen molar-refractivity contribution >= 4 is 18.9 Å². The smallest absolute Gasteiger partial charge is 0.243 e. The second kappa shape index (κ2) is 3.09. The molecule has 0 aliphatic heterocycles. The molecule has 4 heteroatoms. The van der Waals surface area contributed by atoms with Crippen molar-refractivity contribution in [2.45, 2.75) is 13.8 Å². The van der Waals surface area contributed by atoms with Gasteiger partial charge >= 0.3 is 0 Å². The van der Waals surface area contributed by atoms with E-state index in [2.05, 4.69) is 21.7 Å². The number of aryl methyl sites for hydroxylation is 2. The summed E-state index contributed by atoms with van der Waals surface area (Å²) in [6.07, 6.45) is 1.33. The van der Waals surface area contributed by atoms with Crippen LogP contribution in [-0.4, -0.2) is 18.0 Å². The van der Waals surface area contributed by atoms with Gasteiger partial charge in [0.2, 0.25) is 5.88 Å². The summed E-state index contributed by atoms with van der Waals surface area (Å²) in [5.41, 5.74) is 0.766. The van der Waals surface area contributed by atoms with Gasteiger partial charge in [0.25, 0.3) is 0 Å². The van der Waals surface area contributed by atoms with Gasteiger partial charge in [0.05, 0.1) is 0 Å². The van der Waals surface area contributed by atoms with E-state index < -0.39 is 0 Å². The van der Waals surface area contributed by atoms with Gasteiger partial charge in [0, 0.05) is 6.92 Å². The summed E-state index contributed by atoms with van der Waals surface area (Å²) in [5, 5.41) is 0. The Kier molecular flexibility index (Phi) is 2.15. The molecule has 0 amide bonds. The van der Waals surface area contributed by atoms with E-state index in [0.29, 0.717) is 11.8 Å². The van der Waals surface area contributed by atoms with E-state index in [-0.39, 0.29) is 0 Å². The van der Waals surface area contributed by atoms with Crippen molar-refractivity contribution in [1.29, 1.82) is 0 Å². The van der Waals surface area contributed by atoms with Gasteiger partial charge in [-0.15, -0.1) is 0 Å². The highest BCUT2D eigenvalue weighted by Gasteiger charge is 2.02. The minimum atomic E-state index is 0.495. The van der Waals surface area contributed by atoms with E-state index in [9.17, 15) is 0 Å². The highest BCUT2D eigenvalue weighted by atomic mass is 16.4. The Morgan fingerprint density at radius 2 is 2.27 bits per heavy atom.